The van der Waals surface area contributed by atoms with Crippen molar-refractivity contribution in [2.75, 3.05) is 5.32 Å². The third kappa shape index (κ3) is 0.990. The molecule has 0 fully saturated rings. The molecule has 0 unspecified atom stereocenters. The zero-order valence-corrected chi connectivity index (χ0v) is 8.88. The lowest BCUT2D eigenvalue weighted by atomic mass is 10.1. The van der Waals surface area contributed by atoms with Gasteiger partial charge in [0.25, 0.3) is 0 Å². The van der Waals surface area contributed by atoms with Crippen molar-refractivity contribution in [3.8, 4) is 0 Å². The van der Waals surface area contributed by atoms with Gasteiger partial charge in [-0.3, -0.25) is 4.98 Å². The van der Waals surface area contributed by atoms with Crippen molar-refractivity contribution in [1.82, 2.24) is 4.98 Å². The molecule has 68 valence electrons. The van der Waals surface area contributed by atoms with Gasteiger partial charge >= 0.3 is 0 Å². The minimum Gasteiger partial charge on any atom is -0.361 e. The molecule has 1 aromatic heterocycles. The SMILES string of the molecule is Brc1cnc2cccc3c2c1C=CN3. The molecule has 2 heterocycles. The summed E-state index contributed by atoms with van der Waals surface area (Å²) in [7, 11) is 0. The Bertz CT molecular complexity index is 546. The van der Waals surface area contributed by atoms with Gasteiger partial charge in [0.2, 0.25) is 0 Å². The summed E-state index contributed by atoms with van der Waals surface area (Å²) in [5.41, 5.74) is 3.34. The molecule has 2 nitrogen and oxygen atoms in total. The summed E-state index contributed by atoms with van der Waals surface area (Å²) in [4.78, 5) is 4.36. The van der Waals surface area contributed by atoms with E-state index in [0.717, 1.165) is 15.7 Å². The van der Waals surface area contributed by atoms with Crippen LogP contribution in [0.25, 0.3) is 17.0 Å². The molecule has 0 aliphatic carbocycles. The van der Waals surface area contributed by atoms with E-state index in [9.17, 15) is 0 Å². The average molecular weight is 247 g/mol. The fourth-order valence-electron chi connectivity index (χ4n) is 1.74. The minimum absolute atomic E-state index is 1.03. The quantitative estimate of drug-likeness (QED) is 0.771. The number of aromatic nitrogens is 1. The van der Waals surface area contributed by atoms with Gasteiger partial charge in [0.1, 0.15) is 0 Å². The number of benzene rings is 1. The largest absolute Gasteiger partial charge is 0.361 e. The normalized spacial score (nSPS) is 12.9. The van der Waals surface area contributed by atoms with Gasteiger partial charge in [-0.1, -0.05) is 6.07 Å². The van der Waals surface area contributed by atoms with Gasteiger partial charge < -0.3 is 5.32 Å². The molecule has 0 spiro atoms. The highest BCUT2D eigenvalue weighted by molar-refractivity contribution is 9.10. The van der Waals surface area contributed by atoms with Crippen molar-refractivity contribution in [3.05, 3.63) is 40.6 Å². The van der Waals surface area contributed by atoms with E-state index in [1.165, 1.54) is 10.9 Å². The Labute approximate surface area is 89.8 Å². The van der Waals surface area contributed by atoms with E-state index in [-0.39, 0.29) is 0 Å². The second-order valence-electron chi connectivity index (χ2n) is 3.20. The van der Waals surface area contributed by atoms with Crippen LogP contribution < -0.4 is 5.32 Å². The van der Waals surface area contributed by atoms with Gasteiger partial charge in [-0.05, 0) is 34.1 Å². The predicted molar refractivity (Wildman–Crippen MR) is 62.1 cm³/mol. The summed E-state index contributed by atoms with van der Waals surface area (Å²) in [6.07, 6.45) is 5.85. The lowest BCUT2D eigenvalue weighted by Gasteiger charge is -2.14. The Hall–Kier alpha value is -1.35. The summed E-state index contributed by atoms with van der Waals surface area (Å²) < 4.78 is 1.04. The second kappa shape index (κ2) is 2.82. The third-order valence-electron chi connectivity index (χ3n) is 2.37. The molecule has 1 aliphatic rings. The van der Waals surface area contributed by atoms with E-state index in [0.29, 0.717) is 0 Å². The smallest absolute Gasteiger partial charge is 0.0729 e. The maximum absolute atomic E-state index is 4.36. The van der Waals surface area contributed by atoms with Crippen LogP contribution in [0.2, 0.25) is 0 Å². The van der Waals surface area contributed by atoms with Crippen molar-refractivity contribution in [2.45, 2.75) is 0 Å². The summed E-state index contributed by atoms with van der Waals surface area (Å²) in [5.74, 6) is 0. The molecule has 3 heteroatoms. The zero-order valence-electron chi connectivity index (χ0n) is 7.29. The first-order chi connectivity index (χ1) is 6.86. The minimum atomic E-state index is 1.03. The van der Waals surface area contributed by atoms with Gasteiger partial charge in [-0.25, -0.2) is 0 Å². The lowest BCUT2D eigenvalue weighted by Crippen LogP contribution is -1.97. The van der Waals surface area contributed by atoms with E-state index in [1.807, 2.05) is 24.5 Å². The van der Waals surface area contributed by atoms with Crippen molar-refractivity contribution >= 4 is 38.6 Å². The highest BCUT2D eigenvalue weighted by Gasteiger charge is 2.10. The van der Waals surface area contributed by atoms with Crippen LogP contribution >= 0.6 is 15.9 Å². The molecule has 0 radical (unpaired) electrons. The highest BCUT2D eigenvalue weighted by Crippen LogP contribution is 2.33. The van der Waals surface area contributed by atoms with Crippen LogP contribution in [-0.4, -0.2) is 4.98 Å². The van der Waals surface area contributed by atoms with Gasteiger partial charge in [0.05, 0.1) is 5.52 Å². The van der Waals surface area contributed by atoms with E-state index in [2.05, 4.69) is 38.4 Å². The summed E-state index contributed by atoms with van der Waals surface area (Å²) >= 11 is 3.50. The van der Waals surface area contributed by atoms with Crippen molar-refractivity contribution in [3.63, 3.8) is 0 Å². The lowest BCUT2D eigenvalue weighted by molar-refractivity contribution is 1.37. The van der Waals surface area contributed by atoms with Crippen LogP contribution in [0.5, 0.6) is 0 Å². The molecule has 0 amide bonds. The van der Waals surface area contributed by atoms with Crippen LogP contribution in [0.4, 0.5) is 5.69 Å². The molecule has 14 heavy (non-hydrogen) atoms. The summed E-state index contributed by atoms with van der Waals surface area (Å²) in [6, 6.07) is 6.09. The number of hydrogen-bond acceptors (Lipinski definition) is 2. The fourth-order valence-corrected chi connectivity index (χ4v) is 2.18. The summed E-state index contributed by atoms with van der Waals surface area (Å²) in [5, 5.41) is 4.40. The molecule has 0 bridgehead atoms. The van der Waals surface area contributed by atoms with Crippen LogP contribution in [0, 0.1) is 0 Å². The molecular formula is C11H7BrN2. The van der Waals surface area contributed by atoms with Crippen LogP contribution in [0.15, 0.2) is 35.1 Å². The van der Waals surface area contributed by atoms with Gasteiger partial charge in [-0.15, -0.1) is 0 Å². The Morgan fingerprint density at radius 2 is 2.21 bits per heavy atom. The van der Waals surface area contributed by atoms with Crippen molar-refractivity contribution in [1.29, 1.82) is 0 Å². The second-order valence-corrected chi connectivity index (χ2v) is 4.05. The van der Waals surface area contributed by atoms with E-state index in [4.69, 9.17) is 0 Å². The van der Waals surface area contributed by atoms with Gasteiger partial charge in [0, 0.05) is 33.5 Å². The number of nitrogens with zero attached hydrogens (tertiary/aromatic N) is 1. The maximum atomic E-state index is 4.36. The zero-order chi connectivity index (χ0) is 9.54. The van der Waals surface area contributed by atoms with Crippen molar-refractivity contribution < 1.29 is 0 Å². The molecule has 1 aliphatic heterocycles. The number of halogens is 1. The first kappa shape index (κ1) is 8.00. The molecular weight excluding hydrogens is 240 g/mol. The molecule has 3 rings (SSSR count). The van der Waals surface area contributed by atoms with Gasteiger partial charge in [0.15, 0.2) is 0 Å². The third-order valence-corrected chi connectivity index (χ3v) is 3.01. The Kier molecular flexibility index (Phi) is 1.61. The van der Waals surface area contributed by atoms with Crippen LogP contribution in [0.1, 0.15) is 5.56 Å². The monoisotopic (exact) mass is 246 g/mol. The Balaban J connectivity index is 2.56. The molecule has 1 aromatic carbocycles. The highest BCUT2D eigenvalue weighted by atomic mass is 79.9. The van der Waals surface area contributed by atoms with Crippen molar-refractivity contribution in [2.24, 2.45) is 0 Å². The standard InChI is InChI=1S/C11H7BrN2/c12-8-6-14-10-3-1-2-9-11(10)7(8)4-5-13-9/h1-6,13H. The maximum Gasteiger partial charge on any atom is 0.0729 e. The first-order valence-corrected chi connectivity index (χ1v) is 5.16. The van der Waals surface area contributed by atoms with Crippen LogP contribution in [0.3, 0.4) is 0 Å². The van der Waals surface area contributed by atoms with E-state index >= 15 is 0 Å². The Morgan fingerprint density at radius 1 is 1.29 bits per heavy atom. The summed E-state index contributed by atoms with van der Waals surface area (Å²) in [6.45, 7) is 0. The first-order valence-electron chi connectivity index (χ1n) is 4.36. The molecule has 0 atom stereocenters. The number of anilines is 1. The van der Waals surface area contributed by atoms with Gasteiger partial charge in [-0.2, -0.15) is 0 Å². The van der Waals surface area contributed by atoms with E-state index in [1.54, 1.807) is 0 Å². The average Bonchev–Trinajstić information content (AvgIpc) is 2.24. The number of rotatable bonds is 0. The number of hydrogen-bond donors (Lipinski definition) is 1. The molecule has 1 N–H and O–H groups in total. The van der Waals surface area contributed by atoms with E-state index < -0.39 is 0 Å². The number of pyridine rings is 1. The molecule has 2 aromatic rings. The molecule has 0 saturated carbocycles. The fraction of sp³-hybridized carbons (Fsp3) is 0. The molecule has 0 saturated heterocycles. The van der Waals surface area contributed by atoms with Crippen LogP contribution in [-0.2, 0) is 0 Å². The number of nitrogens with one attached hydrogen (secondary N) is 1. The Morgan fingerprint density at radius 3 is 3.14 bits per heavy atom. The topological polar surface area (TPSA) is 24.9 Å². The predicted octanol–water partition coefficient (Wildman–Crippen LogP) is 3.39.